The van der Waals surface area contributed by atoms with Gasteiger partial charge in [-0.2, -0.15) is 0 Å². The maximum atomic E-state index is 4.45. The molecule has 2 N–H and O–H groups in total. The standard InChI is InChI=1S/C19H29N5S2.HI/c1-3-16-12-21-18(26-16)13-23-19(20-2)22-11-15-6-8-24(9-7-15)14-17-5-4-10-25-17;/h4-5,10,12,15H,3,6-9,11,13-14H2,1-2H3,(H2,20,22,23);1H. The SMILES string of the molecule is CCc1cnc(CNC(=NC)NCC2CCN(Cc3cccs3)CC2)s1.I. The summed E-state index contributed by atoms with van der Waals surface area (Å²) >= 11 is 3.63. The van der Waals surface area contributed by atoms with E-state index < -0.39 is 0 Å². The molecule has 1 saturated heterocycles. The zero-order valence-electron chi connectivity index (χ0n) is 16.1. The van der Waals surface area contributed by atoms with Crippen molar-refractivity contribution in [1.29, 1.82) is 0 Å². The van der Waals surface area contributed by atoms with Crippen LogP contribution in [-0.2, 0) is 19.5 Å². The topological polar surface area (TPSA) is 52.6 Å². The maximum absolute atomic E-state index is 4.45. The number of nitrogens with zero attached hydrogens (tertiary/aromatic N) is 3. The molecule has 150 valence electrons. The normalized spacial score (nSPS) is 16.1. The summed E-state index contributed by atoms with van der Waals surface area (Å²) in [7, 11) is 1.83. The molecule has 3 heterocycles. The Kier molecular flexibility index (Phi) is 10.0. The first-order valence-electron chi connectivity index (χ1n) is 9.39. The number of nitrogens with one attached hydrogen (secondary N) is 2. The summed E-state index contributed by atoms with van der Waals surface area (Å²) in [4.78, 5) is 14.2. The lowest BCUT2D eigenvalue weighted by atomic mass is 9.97. The molecule has 1 aliphatic rings. The number of thiazole rings is 1. The Morgan fingerprint density at radius 3 is 2.74 bits per heavy atom. The molecule has 1 fully saturated rings. The van der Waals surface area contributed by atoms with E-state index >= 15 is 0 Å². The lowest BCUT2D eigenvalue weighted by molar-refractivity contribution is 0.179. The number of hydrogen-bond acceptors (Lipinski definition) is 5. The highest BCUT2D eigenvalue weighted by atomic mass is 127. The fraction of sp³-hybridized carbons (Fsp3) is 0.579. The summed E-state index contributed by atoms with van der Waals surface area (Å²) in [5.41, 5.74) is 0. The molecule has 0 amide bonds. The number of aromatic nitrogens is 1. The van der Waals surface area contributed by atoms with Gasteiger partial charge in [-0.3, -0.25) is 9.89 Å². The van der Waals surface area contributed by atoms with Gasteiger partial charge in [0.2, 0.25) is 0 Å². The summed E-state index contributed by atoms with van der Waals surface area (Å²) in [6.45, 7) is 7.38. The largest absolute Gasteiger partial charge is 0.356 e. The first-order chi connectivity index (χ1) is 12.8. The zero-order valence-corrected chi connectivity index (χ0v) is 20.1. The summed E-state index contributed by atoms with van der Waals surface area (Å²) in [5, 5.41) is 10.2. The van der Waals surface area contributed by atoms with E-state index in [0.29, 0.717) is 0 Å². The van der Waals surface area contributed by atoms with E-state index in [-0.39, 0.29) is 24.0 Å². The molecule has 0 atom stereocenters. The van der Waals surface area contributed by atoms with Gasteiger partial charge in [-0.25, -0.2) is 4.98 Å². The highest BCUT2D eigenvalue weighted by Gasteiger charge is 2.19. The van der Waals surface area contributed by atoms with Gasteiger partial charge in [-0.1, -0.05) is 13.0 Å². The van der Waals surface area contributed by atoms with Gasteiger partial charge in [0.05, 0.1) is 6.54 Å². The minimum Gasteiger partial charge on any atom is -0.356 e. The van der Waals surface area contributed by atoms with Crippen LogP contribution in [0.25, 0.3) is 0 Å². The molecule has 0 aliphatic carbocycles. The molecule has 0 saturated carbocycles. The van der Waals surface area contributed by atoms with Crippen LogP contribution < -0.4 is 10.6 Å². The Bertz CT molecular complexity index is 678. The molecule has 0 radical (unpaired) electrons. The van der Waals surface area contributed by atoms with Gasteiger partial charge in [0.1, 0.15) is 5.01 Å². The molecule has 2 aromatic rings. The van der Waals surface area contributed by atoms with Crippen molar-refractivity contribution in [2.45, 2.75) is 39.3 Å². The van der Waals surface area contributed by atoms with Crippen LogP contribution in [0.15, 0.2) is 28.7 Å². The number of hydrogen-bond donors (Lipinski definition) is 2. The van der Waals surface area contributed by atoms with Gasteiger partial charge >= 0.3 is 0 Å². The van der Waals surface area contributed by atoms with Crippen molar-refractivity contribution >= 4 is 52.6 Å². The molecular weight excluding hydrogens is 489 g/mol. The van der Waals surface area contributed by atoms with Gasteiger partial charge < -0.3 is 10.6 Å². The third-order valence-electron chi connectivity index (χ3n) is 4.81. The summed E-state index contributed by atoms with van der Waals surface area (Å²) < 4.78 is 0. The second kappa shape index (κ2) is 12.0. The molecule has 8 heteroatoms. The van der Waals surface area contributed by atoms with Crippen LogP contribution in [0, 0.1) is 5.92 Å². The van der Waals surface area contributed by atoms with Crippen molar-refractivity contribution in [3.05, 3.63) is 38.5 Å². The Labute approximate surface area is 187 Å². The highest BCUT2D eigenvalue weighted by molar-refractivity contribution is 14.0. The third kappa shape index (κ3) is 7.32. The number of guanidine groups is 1. The van der Waals surface area contributed by atoms with Crippen molar-refractivity contribution in [3.63, 3.8) is 0 Å². The average Bonchev–Trinajstić information content (AvgIpc) is 3.35. The fourth-order valence-corrected chi connectivity index (χ4v) is 4.73. The molecule has 5 nitrogen and oxygen atoms in total. The molecule has 0 bridgehead atoms. The van der Waals surface area contributed by atoms with Crippen molar-refractivity contribution in [3.8, 4) is 0 Å². The van der Waals surface area contributed by atoms with E-state index in [9.17, 15) is 0 Å². The number of aliphatic imine (C=N–C) groups is 1. The predicted molar refractivity (Wildman–Crippen MR) is 127 cm³/mol. The van der Waals surface area contributed by atoms with Crippen molar-refractivity contribution in [2.24, 2.45) is 10.9 Å². The van der Waals surface area contributed by atoms with Crippen LogP contribution >= 0.6 is 46.7 Å². The van der Waals surface area contributed by atoms with Crippen LogP contribution in [-0.4, -0.2) is 42.5 Å². The Morgan fingerprint density at radius 1 is 1.30 bits per heavy atom. The Balaban J connectivity index is 0.00000261. The van der Waals surface area contributed by atoms with Crippen LogP contribution in [0.1, 0.15) is 34.5 Å². The van der Waals surface area contributed by atoms with Gasteiger partial charge in [-0.15, -0.1) is 46.7 Å². The second-order valence-corrected chi connectivity index (χ2v) is 8.91. The van der Waals surface area contributed by atoms with Crippen molar-refractivity contribution < 1.29 is 0 Å². The van der Waals surface area contributed by atoms with Gasteiger partial charge in [-0.05, 0) is 49.7 Å². The number of halogens is 1. The minimum atomic E-state index is 0. The molecule has 27 heavy (non-hydrogen) atoms. The summed E-state index contributed by atoms with van der Waals surface area (Å²) in [6.07, 6.45) is 5.53. The predicted octanol–water partition coefficient (Wildman–Crippen LogP) is 3.96. The van der Waals surface area contributed by atoms with Crippen LogP contribution in [0.3, 0.4) is 0 Å². The average molecular weight is 520 g/mol. The maximum Gasteiger partial charge on any atom is 0.191 e. The van der Waals surface area contributed by atoms with Gasteiger partial charge in [0.25, 0.3) is 0 Å². The third-order valence-corrected chi connectivity index (χ3v) is 6.81. The summed E-state index contributed by atoms with van der Waals surface area (Å²) in [6, 6.07) is 4.38. The quantitative estimate of drug-likeness (QED) is 0.331. The lowest BCUT2D eigenvalue weighted by Crippen LogP contribution is -2.42. The molecule has 0 unspecified atom stereocenters. The Morgan fingerprint density at radius 2 is 2.11 bits per heavy atom. The Hall–Kier alpha value is -0.710. The minimum absolute atomic E-state index is 0. The molecule has 0 spiro atoms. The molecule has 3 rings (SSSR count). The summed E-state index contributed by atoms with van der Waals surface area (Å²) in [5.74, 6) is 1.60. The monoisotopic (exact) mass is 519 g/mol. The van der Waals surface area contributed by atoms with E-state index in [1.807, 2.05) is 24.6 Å². The van der Waals surface area contributed by atoms with E-state index in [2.05, 4.69) is 49.9 Å². The zero-order chi connectivity index (χ0) is 18.2. The fourth-order valence-electron chi connectivity index (χ4n) is 3.19. The van der Waals surface area contributed by atoms with E-state index in [1.54, 1.807) is 11.3 Å². The van der Waals surface area contributed by atoms with E-state index in [4.69, 9.17) is 0 Å². The first kappa shape index (κ1) is 22.6. The highest BCUT2D eigenvalue weighted by Crippen LogP contribution is 2.20. The lowest BCUT2D eigenvalue weighted by Gasteiger charge is -2.32. The first-order valence-corrected chi connectivity index (χ1v) is 11.1. The van der Waals surface area contributed by atoms with E-state index in [0.717, 1.165) is 42.9 Å². The van der Waals surface area contributed by atoms with E-state index in [1.165, 1.54) is 35.7 Å². The number of likely N-dealkylation sites (tertiary alicyclic amines) is 1. The van der Waals surface area contributed by atoms with Crippen LogP contribution in [0.2, 0.25) is 0 Å². The molecule has 2 aromatic heterocycles. The molecule has 0 aromatic carbocycles. The molecular formula is C19H30IN5S2. The number of thiophene rings is 1. The number of piperidine rings is 1. The smallest absolute Gasteiger partial charge is 0.191 e. The van der Waals surface area contributed by atoms with Crippen molar-refractivity contribution in [2.75, 3.05) is 26.7 Å². The number of aryl methyl sites for hydroxylation is 1. The van der Waals surface area contributed by atoms with Gasteiger partial charge in [0, 0.05) is 36.1 Å². The van der Waals surface area contributed by atoms with Crippen LogP contribution in [0.4, 0.5) is 0 Å². The second-order valence-electron chi connectivity index (χ2n) is 6.68. The molecule has 1 aliphatic heterocycles. The van der Waals surface area contributed by atoms with Gasteiger partial charge in [0.15, 0.2) is 5.96 Å². The van der Waals surface area contributed by atoms with Crippen LogP contribution in [0.5, 0.6) is 0 Å². The van der Waals surface area contributed by atoms with Crippen molar-refractivity contribution in [1.82, 2.24) is 20.5 Å². The number of rotatable bonds is 7.